The van der Waals surface area contributed by atoms with Gasteiger partial charge in [-0.1, -0.05) is 6.92 Å². The van der Waals surface area contributed by atoms with Crippen LogP contribution in [0.25, 0.3) is 0 Å². The first-order valence-electron chi connectivity index (χ1n) is 10.0. The summed E-state index contributed by atoms with van der Waals surface area (Å²) in [5.74, 6) is -0.430. The molecule has 1 aromatic carbocycles. The number of carbonyl (C=O) groups excluding carboxylic acids is 3. The number of aromatic nitrogens is 2. The lowest BCUT2D eigenvalue weighted by molar-refractivity contribution is -0.129. The molecule has 2 heterocycles. The fourth-order valence-corrected chi connectivity index (χ4v) is 3.44. The van der Waals surface area contributed by atoms with E-state index < -0.39 is 11.6 Å². The van der Waals surface area contributed by atoms with Crippen LogP contribution in [0.1, 0.15) is 55.9 Å². The number of hydrogen-bond acceptors (Lipinski definition) is 5. The molecule has 1 N–H and O–H groups in total. The van der Waals surface area contributed by atoms with Crippen LogP contribution in [0, 0.1) is 13.8 Å². The Kier molecular flexibility index (Phi) is 5.70. The predicted octanol–water partition coefficient (Wildman–Crippen LogP) is 2.61. The second-order valence-electron chi connectivity index (χ2n) is 8.56. The molecule has 0 fully saturated rings. The number of benzene rings is 1. The van der Waals surface area contributed by atoms with Crippen LogP contribution >= 0.6 is 0 Å². The SMILES string of the molecule is CCC1Oc2ccc(C(=O)n3nc(C)cc3C)cc2N(CC(=O)NC(C)(C)C)C1=O. The van der Waals surface area contributed by atoms with Crippen LogP contribution in [0.3, 0.4) is 0 Å². The Labute approximate surface area is 176 Å². The number of ether oxygens (including phenoxy) is 1. The van der Waals surface area contributed by atoms with Crippen molar-refractivity contribution >= 4 is 23.4 Å². The second kappa shape index (κ2) is 7.93. The van der Waals surface area contributed by atoms with Crippen molar-refractivity contribution in [3.63, 3.8) is 0 Å². The third kappa shape index (κ3) is 4.37. The van der Waals surface area contributed by atoms with Crippen LogP contribution < -0.4 is 15.0 Å². The Hall–Kier alpha value is -3.16. The molecular weight excluding hydrogens is 384 g/mol. The van der Waals surface area contributed by atoms with E-state index in [9.17, 15) is 14.4 Å². The lowest BCUT2D eigenvalue weighted by atomic mass is 10.1. The Morgan fingerprint density at radius 2 is 1.90 bits per heavy atom. The molecule has 0 bridgehead atoms. The maximum atomic E-state index is 13.0. The lowest BCUT2D eigenvalue weighted by Crippen LogP contribution is -2.52. The molecule has 1 aromatic heterocycles. The maximum absolute atomic E-state index is 13.0. The molecule has 0 radical (unpaired) electrons. The Balaban J connectivity index is 1.98. The number of rotatable bonds is 4. The van der Waals surface area contributed by atoms with Crippen LogP contribution in [0.4, 0.5) is 5.69 Å². The van der Waals surface area contributed by atoms with E-state index in [1.807, 2.05) is 40.7 Å². The summed E-state index contributed by atoms with van der Waals surface area (Å²) in [4.78, 5) is 39.8. The van der Waals surface area contributed by atoms with Gasteiger partial charge >= 0.3 is 0 Å². The van der Waals surface area contributed by atoms with Crippen molar-refractivity contribution in [2.75, 3.05) is 11.4 Å². The number of fused-ring (bicyclic) bond motifs is 1. The molecule has 0 spiro atoms. The van der Waals surface area contributed by atoms with Crippen molar-refractivity contribution in [3.8, 4) is 5.75 Å². The van der Waals surface area contributed by atoms with Crippen LogP contribution in [0.15, 0.2) is 24.3 Å². The third-order valence-electron chi connectivity index (χ3n) is 4.70. The van der Waals surface area contributed by atoms with Gasteiger partial charge in [-0.2, -0.15) is 5.10 Å². The fraction of sp³-hybridized carbons (Fsp3) is 0.455. The summed E-state index contributed by atoms with van der Waals surface area (Å²) in [6.07, 6.45) is -0.195. The highest BCUT2D eigenvalue weighted by Gasteiger charge is 2.35. The molecule has 1 aliphatic heterocycles. The van der Waals surface area contributed by atoms with Crippen molar-refractivity contribution in [1.29, 1.82) is 0 Å². The van der Waals surface area contributed by atoms with Gasteiger partial charge in [0, 0.05) is 16.8 Å². The molecule has 30 heavy (non-hydrogen) atoms. The van der Waals surface area contributed by atoms with Gasteiger partial charge in [0.1, 0.15) is 12.3 Å². The van der Waals surface area contributed by atoms with Crippen molar-refractivity contribution in [3.05, 3.63) is 41.2 Å². The van der Waals surface area contributed by atoms with E-state index in [-0.39, 0.29) is 24.3 Å². The van der Waals surface area contributed by atoms with E-state index in [0.717, 1.165) is 11.4 Å². The highest BCUT2D eigenvalue weighted by atomic mass is 16.5. The summed E-state index contributed by atoms with van der Waals surface area (Å²) in [7, 11) is 0. The van der Waals surface area contributed by atoms with Gasteiger partial charge in [0.05, 0.1) is 11.4 Å². The summed E-state index contributed by atoms with van der Waals surface area (Å²) < 4.78 is 7.15. The first-order chi connectivity index (χ1) is 14.0. The molecule has 2 aromatic rings. The summed E-state index contributed by atoms with van der Waals surface area (Å²) in [6.45, 7) is 10.9. The van der Waals surface area contributed by atoms with E-state index in [2.05, 4.69) is 10.4 Å². The summed E-state index contributed by atoms with van der Waals surface area (Å²) >= 11 is 0. The van der Waals surface area contributed by atoms with E-state index in [1.165, 1.54) is 9.58 Å². The largest absolute Gasteiger partial charge is 0.478 e. The smallest absolute Gasteiger partial charge is 0.278 e. The van der Waals surface area contributed by atoms with E-state index in [1.54, 1.807) is 25.1 Å². The lowest BCUT2D eigenvalue weighted by Gasteiger charge is -2.34. The highest BCUT2D eigenvalue weighted by Crippen LogP contribution is 2.35. The average Bonchev–Trinajstić information content (AvgIpc) is 2.99. The Morgan fingerprint density at radius 1 is 1.20 bits per heavy atom. The molecule has 2 amide bonds. The second-order valence-corrected chi connectivity index (χ2v) is 8.56. The van der Waals surface area contributed by atoms with Gasteiger partial charge in [0.2, 0.25) is 5.91 Å². The number of hydrogen-bond donors (Lipinski definition) is 1. The zero-order chi connectivity index (χ0) is 22.2. The standard InChI is InChI=1S/C22H28N4O4/c1-7-17-21(29)25(12-19(27)23-22(4,5)6)16-11-15(8-9-18(16)30-17)20(28)26-14(3)10-13(2)24-26/h8-11,17H,7,12H2,1-6H3,(H,23,27). The van der Waals surface area contributed by atoms with Crippen LogP contribution in [-0.4, -0.2) is 45.7 Å². The summed E-state index contributed by atoms with van der Waals surface area (Å²) in [6, 6.07) is 6.71. The minimum absolute atomic E-state index is 0.152. The van der Waals surface area contributed by atoms with Crippen molar-refractivity contribution in [1.82, 2.24) is 15.1 Å². The van der Waals surface area contributed by atoms with Gasteiger partial charge in [-0.3, -0.25) is 19.3 Å². The number of nitrogens with zero attached hydrogens (tertiary/aromatic N) is 3. The van der Waals surface area contributed by atoms with Crippen LogP contribution in [-0.2, 0) is 9.59 Å². The van der Waals surface area contributed by atoms with Crippen LogP contribution in [0.5, 0.6) is 5.75 Å². The van der Waals surface area contributed by atoms with E-state index >= 15 is 0 Å². The number of anilines is 1. The van der Waals surface area contributed by atoms with Crippen molar-refractivity contribution < 1.29 is 19.1 Å². The van der Waals surface area contributed by atoms with Gasteiger partial charge in [0.25, 0.3) is 11.8 Å². The predicted molar refractivity (Wildman–Crippen MR) is 113 cm³/mol. The first-order valence-corrected chi connectivity index (χ1v) is 10.0. The third-order valence-corrected chi connectivity index (χ3v) is 4.70. The molecule has 0 saturated carbocycles. The maximum Gasteiger partial charge on any atom is 0.278 e. The number of amides is 2. The van der Waals surface area contributed by atoms with E-state index in [0.29, 0.717) is 23.4 Å². The van der Waals surface area contributed by atoms with Crippen molar-refractivity contribution in [2.45, 2.75) is 59.6 Å². The number of aryl methyl sites for hydroxylation is 2. The molecule has 8 nitrogen and oxygen atoms in total. The van der Waals surface area contributed by atoms with E-state index in [4.69, 9.17) is 4.74 Å². The van der Waals surface area contributed by atoms with Gasteiger partial charge in [-0.15, -0.1) is 0 Å². The molecule has 0 aliphatic carbocycles. The zero-order valence-electron chi connectivity index (χ0n) is 18.3. The highest BCUT2D eigenvalue weighted by molar-refractivity contribution is 6.05. The molecule has 1 unspecified atom stereocenters. The van der Waals surface area contributed by atoms with Gasteiger partial charge in [-0.25, -0.2) is 4.68 Å². The molecule has 160 valence electrons. The molecule has 1 aliphatic rings. The fourth-order valence-electron chi connectivity index (χ4n) is 3.44. The average molecular weight is 412 g/mol. The summed E-state index contributed by atoms with van der Waals surface area (Å²) in [5.41, 5.74) is 1.79. The molecule has 0 saturated heterocycles. The van der Waals surface area contributed by atoms with Crippen molar-refractivity contribution in [2.24, 2.45) is 0 Å². The molecule has 3 rings (SSSR count). The van der Waals surface area contributed by atoms with Gasteiger partial charge in [0.15, 0.2) is 6.10 Å². The first kappa shape index (κ1) is 21.5. The minimum atomic E-state index is -0.669. The summed E-state index contributed by atoms with van der Waals surface area (Å²) in [5, 5.41) is 7.11. The van der Waals surface area contributed by atoms with Gasteiger partial charge in [-0.05, 0) is 65.3 Å². The minimum Gasteiger partial charge on any atom is -0.478 e. The Morgan fingerprint density at radius 3 is 2.47 bits per heavy atom. The zero-order valence-corrected chi connectivity index (χ0v) is 18.3. The number of nitrogens with one attached hydrogen (secondary N) is 1. The Bertz CT molecular complexity index is 1000. The van der Waals surface area contributed by atoms with Crippen LogP contribution in [0.2, 0.25) is 0 Å². The molecule has 1 atom stereocenters. The monoisotopic (exact) mass is 412 g/mol. The van der Waals surface area contributed by atoms with Gasteiger partial charge < -0.3 is 10.1 Å². The molecular formula is C22H28N4O4. The quantitative estimate of drug-likeness (QED) is 0.833. The normalized spacial score (nSPS) is 16.1. The molecule has 8 heteroatoms. The topological polar surface area (TPSA) is 93.5 Å². The number of carbonyl (C=O) groups is 3.